The highest BCUT2D eigenvalue weighted by atomic mass is 35.5. The topological polar surface area (TPSA) is 43.6 Å². The molecular formula is C16H14ClFN4. The Bertz CT molecular complexity index is 770. The number of nitrogens with zero attached hydrogens (tertiary/aromatic N) is 4. The van der Waals surface area contributed by atoms with Crippen LogP contribution in [0.1, 0.15) is 24.9 Å². The van der Waals surface area contributed by atoms with E-state index in [9.17, 15) is 4.39 Å². The van der Waals surface area contributed by atoms with Gasteiger partial charge in [0.1, 0.15) is 11.0 Å². The fourth-order valence-electron chi connectivity index (χ4n) is 2.38. The predicted molar refractivity (Wildman–Crippen MR) is 83.1 cm³/mol. The van der Waals surface area contributed by atoms with Gasteiger partial charge in [0, 0.05) is 11.8 Å². The maximum Gasteiger partial charge on any atom is 0.148 e. The predicted octanol–water partition coefficient (Wildman–Crippen LogP) is 4.13. The molecule has 3 rings (SSSR count). The Morgan fingerprint density at radius 1 is 1.18 bits per heavy atom. The summed E-state index contributed by atoms with van der Waals surface area (Å²) >= 11 is 5.87. The number of hydrogen-bond donors (Lipinski definition) is 0. The number of aromatic nitrogens is 4. The monoisotopic (exact) mass is 316 g/mol. The van der Waals surface area contributed by atoms with Crippen LogP contribution in [-0.4, -0.2) is 19.7 Å². The Kier molecular flexibility index (Phi) is 4.15. The molecule has 6 heteroatoms. The molecule has 0 fully saturated rings. The molecule has 22 heavy (non-hydrogen) atoms. The lowest BCUT2D eigenvalue weighted by Gasteiger charge is -2.16. The molecule has 1 aromatic carbocycles. The van der Waals surface area contributed by atoms with Gasteiger partial charge in [-0.2, -0.15) is 5.10 Å². The molecule has 0 aliphatic carbocycles. The van der Waals surface area contributed by atoms with E-state index in [2.05, 4.69) is 22.0 Å². The van der Waals surface area contributed by atoms with Crippen molar-refractivity contribution in [1.82, 2.24) is 19.7 Å². The molecule has 0 amide bonds. The summed E-state index contributed by atoms with van der Waals surface area (Å²) in [5.41, 5.74) is 2.53. The second-order valence-electron chi connectivity index (χ2n) is 4.91. The van der Waals surface area contributed by atoms with E-state index < -0.39 is 0 Å². The summed E-state index contributed by atoms with van der Waals surface area (Å²) in [4.78, 5) is 8.26. The van der Waals surface area contributed by atoms with Crippen molar-refractivity contribution in [2.24, 2.45) is 0 Å². The van der Waals surface area contributed by atoms with Crippen molar-refractivity contribution in [2.75, 3.05) is 0 Å². The zero-order chi connectivity index (χ0) is 15.5. The van der Waals surface area contributed by atoms with Gasteiger partial charge in [0.05, 0.1) is 30.3 Å². The van der Waals surface area contributed by atoms with Crippen molar-refractivity contribution in [3.63, 3.8) is 0 Å². The molecule has 1 unspecified atom stereocenters. The van der Waals surface area contributed by atoms with Crippen LogP contribution < -0.4 is 0 Å². The summed E-state index contributed by atoms with van der Waals surface area (Å²) in [6.07, 6.45) is 7.60. The maximum absolute atomic E-state index is 13.1. The molecule has 2 heterocycles. The van der Waals surface area contributed by atoms with Crippen LogP contribution in [0.2, 0.25) is 5.15 Å². The molecule has 0 spiro atoms. The van der Waals surface area contributed by atoms with Crippen LogP contribution in [0.5, 0.6) is 0 Å². The summed E-state index contributed by atoms with van der Waals surface area (Å²) in [6.45, 7) is 2.06. The lowest BCUT2D eigenvalue weighted by Crippen LogP contribution is -2.10. The van der Waals surface area contributed by atoms with Gasteiger partial charge in [-0.15, -0.1) is 0 Å². The highest BCUT2D eigenvalue weighted by molar-refractivity contribution is 6.29. The van der Waals surface area contributed by atoms with Gasteiger partial charge in [-0.05, 0) is 24.1 Å². The van der Waals surface area contributed by atoms with Crippen LogP contribution in [0.4, 0.5) is 4.39 Å². The molecule has 0 saturated heterocycles. The first-order valence-electron chi connectivity index (χ1n) is 6.95. The number of benzene rings is 1. The zero-order valence-corrected chi connectivity index (χ0v) is 12.7. The molecule has 1 atom stereocenters. The summed E-state index contributed by atoms with van der Waals surface area (Å²) in [6, 6.07) is 6.53. The average molecular weight is 317 g/mol. The standard InChI is InChI=1S/C16H14ClFN4/c1-2-15(11-3-5-13(18)6-4-11)22-10-12(7-20-22)14-8-19-9-16(17)21-14/h3-10,15H,2H2,1H3. The van der Waals surface area contributed by atoms with Crippen LogP contribution in [-0.2, 0) is 0 Å². The molecule has 4 nitrogen and oxygen atoms in total. The van der Waals surface area contributed by atoms with E-state index >= 15 is 0 Å². The van der Waals surface area contributed by atoms with Gasteiger partial charge in [-0.25, -0.2) is 9.37 Å². The Morgan fingerprint density at radius 2 is 1.95 bits per heavy atom. The van der Waals surface area contributed by atoms with E-state index in [0.29, 0.717) is 10.8 Å². The van der Waals surface area contributed by atoms with E-state index in [1.807, 2.05) is 10.9 Å². The molecule has 0 saturated carbocycles. The first-order valence-corrected chi connectivity index (χ1v) is 7.32. The first kappa shape index (κ1) is 14.7. The molecule has 0 bridgehead atoms. The summed E-state index contributed by atoms with van der Waals surface area (Å²) in [7, 11) is 0. The summed E-state index contributed by atoms with van der Waals surface area (Å²) in [5.74, 6) is -0.242. The zero-order valence-electron chi connectivity index (χ0n) is 11.9. The van der Waals surface area contributed by atoms with Crippen molar-refractivity contribution in [1.29, 1.82) is 0 Å². The summed E-state index contributed by atoms with van der Waals surface area (Å²) < 4.78 is 14.9. The Balaban J connectivity index is 1.93. The third kappa shape index (κ3) is 2.99. The quantitative estimate of drug-likeness (QED) is 0.727. The van der Waals surface area contributed by atoms with Gasteiger partial charge in [-0.1, -0.05) is 30.7 Å². The van der Waals surface area contributed by atoms with Gasteiger partial charge in [0.15, 0.2) is 0 Å². The summed E-state index contributed by atoms with van der Waals surface area (Å²) in [5, 5.41) is 4.75. The molecule has 0 aliphatic rings. The highest BCUT2D eigenvalue weighted by Crippen LogP contribution is 2.24. The lowest BCUT2D eigenvalue weighted by molar-refractivity contribution is 0.508. The third-order valence-electron chi connectivity index (χ3n) is 3.46. The minimum Gasteiger partial charge on any atom is -0.265 e. The highest BCUT2D eigenvalue weighted by Gasteiger charge is 2.14. The van der Waals surface area contributed by atoms with Crippen LogP contribution in [0.15, 0.2) is 49.1 Å². The van der Waals surface area contributed by atoms with Gasteiger partial charge in [0.2, 0.25) is 0 Å². The molecule has 3 aromatic rings. The molecule has 0 radical (unpaired) electrons. The van der Waals surface area contributed by atoms with Crippen molar-refractivity contribution in [2.45, 2.75) is 19.4 Å². The van der Waals surface area contributed by atoms with Crippen molar-refractivity contribution in [3.8, 4) is 11.3 Å². The molecular weight excluding hydrogens is 303 g/mol. The van der Waals surface area contributed by atoms with E-state index in [0.717, 1.165) is 17.5 Å². The molecule has 0 N–H and O–H groups in total. The van der Waals surface area contributed by atoms with Crippen molar-refractivity contribution >= 4 is 11.6 Å². The fraction of sp³-hybridized carbons (Fsp3) is 0.188. The smallest absolute Gasteiger partial charge is 0.148 e. The van der Waals surface area contributed by atoms with E-state index in [1.165, 1.54) is 18.3 Å². The third-order valence-corrected chi connectivity index (χ3v) is 3.65. The Morgan fingerprint density at radius 3 is 2.64 bits per heavy atom. The van der Waals surface area contributed by atoms with Gasteiger partial charge < -0.3 is 0 Å². The maximum atomic E-state index is 13.1. The van der Waals surface area contributed by atoms with Crippen molar-refractivity contribution < 1.29 is 4.39 Å². The largest absolute Gasteiger partial charge is 0.265 e. The molecule has 112 valence electrons. The van der Waals surface area contributed by atoms with E-state index in [1.54, 1.807) is 24.5 Å². The van der Waals surface area contributed by atoms with E-state index in [-0.39, 0.29) is 11.9 Å². The molecule has 2 aromatic heterocycles. The van der Waals surface area contributed by atoms with E-state index in [4.69, 9.17) is 11.6 Å². The minimum absolute atomic E-state index is 0.0430. The Hall–Kier alpha value is -2.27. The minimum atomic E-state index is -0.242. The van der Waals surface area contributed by atoms with Crippen LogP contribution >= 0.6 is 11.6 Å². The number of hydrogen-bond acceptors (Lipinski definition) is 3. The second kappa shape index (κ2) is 6.23. The second-order valence-corrected chi connectivity index (χ2v) is 5.30. The lowest BCUT2D eigenvalue weighted by atomic mass is 10.0. The number of halogens is 2. The van der Waals surface area contributed by atoms with Crippen LogP contribution in [0.3, 0.4) is 0 Å². The van der Waals surface area contributed by atoms with Crippen LogP contribution in [0.25, 0.3) is 11.3 Å². The number of rotatable bonds is 4. The molecule has 0 aliphatic heterocycles. The van der Waals surface area contributed by atoms with Crippen LogP contribution in [0, 0.1) is 5.82 Å². The van der Waals surface area contributed by atoms with Gasteiger partial charge in [0.25, 0.3) is 0 Å². The SMILES string of the molecule is CCC(c1ccc(F)cc1)n1cc(-c2cncc(Cl)n2)cn1. The Labute approximate surface area is 132 Å². The fourth-order valence-corrected chi connectivity index (χ4v) is 2.53. The average Bonchev–Trinajstić information content (AvgIpc) is 3.00. The van der Waals surface area contributed by atoms with Crippen molar-refractivity contribution in [3.05, 3.63) is 65.6 Å². The van der Waals surface area contributed by atoms with Gasteiger partial charge in [-0.3, -0.25) is 9.67 Å². The first-order chi connectivity index (χ1) is 10.7. The normalized spacial score (nSPS) is 12.3. The van der Waals surface area contributed by atoms with Gasteiger partial charge >= 0.3 is 0 Å².